The average Bonchev–Trinajstić information content (AvgIpc) is 3.60. The van der Waals surface area contributed by atoms with Gasteiger partial charge in [0.2, 0.25) is 5.72 Å². The number of aromatic nitrogens is 2. The molecule has 39 heavy (non-hydrogen) atoms. The average molecular weight is 546 g/mol. The molecule has 1 atom stereocenters. The molecule has 1 amide bonds. The standard InChI is InChI=1S/C30H28FN3O4S/c1-4-30(21-6-5-7-24(17-21)37-3,33-29(35)28-15-13-26(39-28)19-36-2)38-25-12-14-27-20(16-25)18-32-34(27)23-10-8-22(31)9-11-23/h5-18H,4,19H2,1-3H3,(H,33,35). The lowest BCUT2D eigenvalue weighted by molar-refractivity contribution is 0.0231. The first-order chi connectivity index (χ1) is 18.9. The van der Waals surface area contributed by atoms with Gasteiger partial charge in [0.15, 0.2) is 0 Å². The molecule has 0 bridgehead atoms. The number of carbonyl (C=O) groups is 1. The Morgan fingerprint density at radius 1 is 1.03 bits per heavy atom. The van der Waals surface area contributed by atoms with Gasteiger partial charge in [0.25, 0.3) is 5.91 Å². The number of nitrogens with one attached hydrogen (secondary N) is 1. The minimum Gasteiger partial charge on any atom is -0.497 e. The summed E-state index contributed by atoms with van der Waals surface area (Å²) >= 11 is 1.38. The Hall–Kier alpha value is -4.21. The van der Waals surface area contributed by atoms with Crippen LogP contribution in [0.25, 0.3) is 16.6 Å². The van der Waals surface area contributed by atoms with Gasteiger partial charge in [0, 0.05) is 29.4 Å². The van der Waals surface area contributed by atoms with Crippen LogP contribution in [0.4, 0.5) is 4.39 Å². The maximum Gasteiger partial charge on any atom is 0.264 e. The molecule has 0 saturated heterocycles. The molecule has 0 aliphatic rings. The van der Waals surface area contributed by atoms with Gasteiger partial charge in [-0.3, -0.25) is 4.79 Å². The highest BCUT2D eigenvalue weighted by Gasteiger charge is 2.36. The van der Waals surface area contributed by atoms with Crippen LogP contribution >= 0.6 is 11.3 Å². The maximum atomic E-state index is 13.5. The molecule has 0 radical (unpaired) electrons. The van der Waals surface area contributed by atoms with Crippen molar-refractivity contribution in [2.24, 2.45) is 0 Å². The van der Waals surface area contributed by atoms with Crippen LogP contribution in [0.1, 0.15) is 33.5 Å². The predicted octanol–water partition coefficient (Wildman–Crippen LogP) is 6.45. The fraction of sp³-hybridized carbons (Fsp3) is 0.200. The topological polar surface area (TPSA) is 74.6 Å². The Bertz CT molecular complexity index is 1600. The van der Waals surface area contributed by atoms with E-state index >= 15 is 0 Å². The molecule has 0 aliphatic carbocycles. The summed E-state index contributed by atoms with van der Waals surface area (Å²) in [7, 11) is 3.22. The third kappa shape index (κ3) is 5.50. The second kappa shape index (κ2) is 11.3. The van der Waals surface area contributed by atoms with Crippen molar-refractivity contribution in [2.75, 3.05) is 14.2 Å². The van der Waals surface area contributed by atoms with Gasteiger partial charge in [-0.1, -0.05) is 19.1 Å². The highest BCUT2D eigenvalue weighted by molar-refractivity contribution is 7.14. The Morgan fingerprint density at radius 3 is 2.59 bits per heavy atom. The molecule has 1 unspecified atom stereocenters. The predicted molar refractivity (Wildman–Crippen MR) is 149 cm³/mol. The summed E-state index contributed by atoms with van der Waals surface area (Å²) in [4.78, 5) is 15.0. The lowest BCUT2D eigenvalue weighted by Gasteiger charge is -2.35. The van der Waals surface area contributed by atoms with Gasteiger partial charge in [-0.2, -0.15) is 5.10 Å². The molecule has 7 nitrogen and oxygen atoms in total. The lowest BCUT2D eigenvalue weighted by Crippen LogP contribution is -2.49. The Balaban J connectivity index is 1.51. The minimum absolute atomic E-state index is 0.253. The second-order valence-electron chi connectivity index (χ2n) is 8.92. The van der Waals surface area contributed by atoms with E-state index in [1.165, 1.54) is 23.5 Å². The molecule has 3 aromatic carbocycles. The van der Waals surface area contributed by atoms with Gasteiger partial charge in [-0.25, -0.2) is 9.07 Å². The van der Waals surface area contributed by atoms with Crippen molar-refractivity contribution in [3.05, 3.63) is 106 Å². The van der Waals surface area contributed by atoms with E-state index in [4.69, 9.17) is 14.2 Å². The van der Waals surface area contributed by atoms with E-state index in [0.717, 1.165) is 27.0 Å². The fourth-order valence-corrected chi connectivity index (χ4v) is 5.30. The molecule has 5 aromatic rings. The monoisotopic (exact) mass is 545 g/mol. The van der Waals surface area contributed by atoms with Crippen LogP contribution in [0.3, 0.4) is 0 Å². The molecular formula is C30H28FN3O4S. The molecular weight excluding hydrogens is 517 g/mol. The van der Waals surface area contributed by atoms with Crippen LogP contribution in [-0.2, 0) is 17.1 Å². The number of rotatable bonds is 10. The summed E-state index contributed by atoms with van der Waals surface area (Å²) in [5, 5.41) is 8.47. The number of benzene rings is 3. The quantitative estimate of drug-likeness (QED) is 0.204. The number of ether oxygens (including phenoxy) is 3. The third-order valence-corrected chi connectivity index (χ3v) is 7.48. The SMILES string of the molecule is CCC(NC(=O)c1ccc(COC)s1)(Oc1ccc2c(cnn2-c2ccc(F)cc2)c1)c1cccc(OC)c1. The van der Waals surface area contributed by atoms with Gasteiger partial charge in [-0.05, 0) is 66.7 Å². The molecule has 1 N–H and O–H groups in total. The molecule has 0 aliphatic heterocycles. The third-order valence-electron chi connectivity index (χ3n) is 6.42. The van der Waals surface area contributed by atoms with Crippen LogP contribution < -0.4 is 14.8 Å². The normalized spacial score (nSPS) is 12.7. The van der Waals surface area contributed by atoms with Crippen molar-refractivity contribution >= 4 is 28.1 Å². The highest BCUT2D eigenvalue weighted by atomic mass is 32.1. The Labute approximate surface area is 229 Å². The van der Waals surface area contributed by atoms with Crippen LogP contribution in [0.15, 0.2) is 85.1 Å². The van der Waals surface area contributed by atoms with Gasteiger partial charge >= 0.3 is 0 Å². The molecule has 2 aromatic heterocycles. The first-order valence-corrected chi connectivity index (χ1v) is 13.2. The highest BCUT2D eigenvalue weighted by Crippen LogP contribution is 2.34. The largest absolute Gasteiger partial charge is 0.497 e. The summed E-state index contributed by atoms with van der Waals surface area (Å²) in [6, 6.07) is 22.9. The van der Waals surface area contributed by atoms with Gasteiger partial charge in [0.05, 0.1) is 36.0 Å². The number of thiophene rings is 1. The second-order valence-corrected chi connectivity index (χ2v) is 10.1. The van der Waals surface area contributed by atoms with Gasteiger partial charge < -0.3 is 19.5 Å². The van der Waals surface area contributed by atoms with Crippen molar-refractivity contribution in [1.82, 2.24) is 15.1 Å². The molecule has 9 heteroatoms. The first-order valence-electron chi connectivity index (χ1n) is 12.4. The first kappa shape index (κ1) is 26.4. The smallest absolute Gasteiger partial charge is 0.264 e. The van der Waals surface area contributed by atoms with E-state index in [1.807, 2.05) is 55.5 Å². The Kier molecular flexibility index (Phi) is 7.63. The number of nitrogens with zero attached hydrogens (tertiary/aromatic N) is 2. The summed E-state index contributed by atoms with van der Waals surface area (Å²) in [6.07, 6.45) is 2.17. The van der Waals surface area contributed by atoms with E-state index in [1.54, 1.807) is 43.3 Å². The van der Waals surface area contributed by atoms with E-state index in [9.17, 15) is 9.18 Å². The van der Waals surface area contributed by atoms with Gasteiger partial charge in [0.1, 0.15) is 17.3 Å². The molecule has 0 fully saturated rings. The van der Waals surface area contributed by atoms with E-state index in [0.29, 0.717) is 29.4 Å². The number of halogens is 1. The van der Waals surface area contributed by atoms with Crippen LogP contribution in [0.5, 0.6) is 11.5 Å². The fourth-order valence-electron chi connectivity index (χ4n) is 4.42. The van der Waals surface area contributed by atoms with Crippen LogP contribution in [-0.4, -0.2) is 29.9 Å². The van der Waals surface area contributed by atoms with Crippen LogP contribution in [0, 0.1) is 5.82 Å². The summed E-state index contributed by atoms with van der Waals surface area (Å²) in [5.74, 6) is 0.645. The number of hydrogen-bond acceptors (Lipinski definition) is 6. The van der Waals surface area contributed by atoms with E-state index in [-0.39, 0.29) is 11.7 Å². The molecule has 2 heterocycles. The molecule has 0 spiro atoms. The molecule has 200 valence electrons. The van der Waals surface area contributed by atoms with Crippen molar-refractivity contribution in [3.8, 4) is 17.2 Å². The molecule has 5 rings (SSSR count). The lowest BCUT2D eigenvalue weighted by atomic mass is 9.98. The number of hydrogen-bond donors (Lipinski definition) is 1. The van der Waals surface area contributed by atoms with Crippen molar-refractivity contribution < 1.29 is 23.4 Å². The minimum atomic E-state index is -1.18. The summed E-state index contributed by atoms with van der Waals surface area (Å²) in [5.41, 5.74) is 1.15. The number of carbonyl (C=O) groups excluding carboxylic acids is 1. The summed E-state index contributed by atoms with van der Waals surface area (Å²) in [6.45, 7) is 2.39. The number of amides is 1. The van der Waals surface area contributed by atoms with Crippen LogP contribution in [0.2, 0.25) is 0 Å². The number of fused-ring (bicyclic) bond motifs is 1. The van der Waals surface area contributed by atoms with Crippen molar-refractivity contribution in [3.63, 3.8) is 0 Å². The van der Waals surface area contributed by atoms with Crippen molar-refractivity contribution in [2.45, 2.75) is 25.7 Å². The number of methoxy groups -OCH3 is 2. The maximum absolute atomic E-state index is 13.5. The van der Waals surface area contributed by atoms with E-state index < -0.39 is 5.72 Å². The zero-order chi connectivity index (χ0) is 27.4. The van der Waals surface area contributed by atoms with Gasteiger partial charge in [-0.15, -0.1) is 11.3 Å². The molecule has 0 saturated carbocycles. The zero-order valence-electron chi connectivity index (χ0n) is 21.8. The van der Waals surface area contributed by atoms with Crippen molar-refractivity contribution in [1.29, 1.82) is 0 Å². The zero-order valence-corrected chi connectivity index (χ0v) is 22.6. The van der Waals surface area contributed by atoms with E-state index in [2.05, 4.69) is 10.4 Å². The summed E-state index contributed by atoms with van der Waals surface area (Å²) < 4.78 is 32.5. The Morgan fingerprint density at radius 2 is 1.85 bits per heavy atom.